The van der Waals surface area contributed by atoms with E-state index in [4.69, 9.17) is 9.47 Å². The fraction of sp³-hybridized carbons (Fsp3) is 0.212. The van der Waals surface area contributed by atoms with Gasteiger partial charge in [0.05, 0.1) is 11.6 Å². The van der Waals surface area contributed by atoms with Crippen molar-refractivity contribution in [3.8, 4) is 0 Å². The van der Waals surface area contributed by atoms with Crippen LogP contribution in [0.1, 0.15) is 46.0 Å². The average molecular weight is 614 g/mol. The summed E-state index contributed by atoms with van der Waals surface area (Å²) in [6, 6.07) is 22.5. The monoisotopic (exact) mass is 613 g/mol. The fourth-order valence-corrected chi connectivity index (χ4v) is 5.53. The number of esters is 1. The second kappa shape index (κ2) is 11.8. The molecule has 0 bridgehead atoms. The van der Waals surface area contributed by atoms with E-state index < -0.39 is 59.1 Å². The second-order valence-electron chi connectivity index (χ2n) is 10.1. The molecule has 1 amide bonds. The zero-order chi connectivity index (χ0) is 31.7. The summed E-state index contributed by atoms with van der Waals surface area (Å²) in [4.78, 5) is 29.2. The predicted octanol–water partition coefficient (Wildman–Crippen LogP) is 7.72. The molecule has 1 aliphatic heterocycles. The molecule has 1 aliphatic rings. The van der Waals surface area contributed by atoms with Gasteiger partial charge in [-0.1, -0.05) is 103 Å². The first-order chi connectivity index (χ1) is 20.9. The van der Waals surface area contributed by atoms with Gasteiger partial charge in [-0.15, -0.1) is 0 Å². The van der Waals surface area contributed by atoms with E-state index in [2.05, 4.69) is 0 Å². The van der Waals surface area contributed by atoms with Gasteiger partial charge in [-0.05, 0) is 28.8 Å². The van der Waals surface area contributed by atoms with Crippen LogP contribution in [0.25, 0.3) is 0 Å². The van der Waals surface area contributed by atoms with Crippen LogP contribution < -0.4 is 0 Å². The van der Waals surface area contributed by atoms with Crippen molar-refractivity contribution in [3.63, 3.8) is 0 Å². The number of alkyl halides is 6. The molecule has 0 radical (unpaired) electrons. The van der Waals surface area contributed by atoms with Crippen molar-refractivity contribution < 1.29 is 45.4 Å². The number of hydrogen-bond acceptors (Lipinski definition) is 4. The molecule has 44 heavy (non-hydrogen) atoms. The maximum absolute atomic E-state index is 15.2. The van der Waals surface area contributed by atoms with E-state index in [0.29, 0.717) is 23.3 Å². The Kier molecular flexibility index (Phi) is 8.26. The van der Waals surface area contributed by atoms with Gasteiger partial charge in [-0.2, -0.15) is 26.3 Å². The van der Waals surface area contributed by atoms with E-state index in [0.717, 1.165) is 36.3 Å². The van der Waals surface area contributed by atoms with Gasteiger partial charge in [0, 0.05) is 12.7 Å². The lowest BCUT2D eigenvalue weighted by molar-refractivity contribution is -0.275. The Labute approximate surface area is 248 Å². The van der Waals surface area contributed by atoms with E-state index in [9.17, 15) is 22.8 Å². The number of carbonyl (C=O) groups excluding carboxylic acids is 2. The van der Waals surface area contributed by atoms with Crippen molar-refractivity contribution in [1.82, 2.24) is 4.90 Å². The maximum Gasteiger partial charge on any atom is 0.430 e. The Morgan fingerprint density at radius 1 is 0.682 bits per heavy atom. The number of cyclic esters (lactones) is 1. The molecule has 5 rings (SSSR count). The predicted molar refractivity (Wildman–Crippen MR) is 147 cm³/mol. The van der Waals surface area contributed by atoms with Crippen LogP contribution in [-0.2, 0) is 30.8 Å². The lowest BCUT2D eigenvalue weighted by Crippen LogP contribution is -2.61. The number of halogens is 6. The van der Waals surface area contributed by atoms with Crippen molar-refractivity contribution in [2.24, 2.45) is 0 Å². The lowest BCUT2D eigenvalue weighted by atomic mass is 9.84. The molecular weight excluding hydrogens is 588 g/mol. The van der Waals surface area contributed by atoms with E-state index in [1.54, 1.807) is 60.7 Å². The van der Waals surface area contributed by atoms with E-state index >= 15 is 13.2 Å². The topological polar surface area (TPSA) is 55.8 Å². The van der Waals surface area contributed by atoms with Crippen LogP contribution in [-0.4, -0.2) is 30.1 Å². The van der Waals surface area contributed by atoms with Crippen LogP contribution in [0.2, 0.25) is 0 Å². The first-order valence-electron chi connectivity index (χ1n) is 13.4. The third-order valence-electron chi connectivity index (χ3n) is 7.58. The molecule has 0 N–H and O–H groups in total. The summed E-state index contributed by atoms with van der Waals surface area (Å²) in [7, 11) is 0.736. The Hall–Kier alpha value is -4.64. The van der Waals surface area contributed by atoms with Gasteiger partial charge in [0.25, 0.3) is 11.5 Å². The average Bonchev–Trinajstić information content (AvgIpc) is 3.01. The van der Waals surface area contributed by atoms with Crippen LogP contribution in [0.3, 0.4) is 0 Å². The smallest absolute Gasteiger partial charge is 0.430 e. The molecule has 11 heteroatoms. The zero-order valence-corrected chi connectivity index (χ0v) is 23.0. The highest BCUT2D eigenvalue weighted by molar-refractivity contribution is 5.93. The highest BCUT2D eigenvalue weighted by Crippen LogP contribution is 2.52. The highest BCUT2D eigenvalue weighted by Gasteiger charge is 2.66. The third kappa shape index (κ3) is 5.43. The maximum atomic E-state index is 15.2. The summed E-state index contributed by atoms with van der Waals surface area (Å²) in [5.74, 6) is -2.77. The SMILES string of the molecule is COC(C(=O)N1[C@H](c2ccc(C(F)(F)F)cc2)C(=O)O[C@H](c2ccccc2)[C@@H]1c1ccccc1)(c1ccccc1)C(F)(F)F. The zero-order valence-electron chi connectivity index (χ0n) is 23.0. The molecule has 1 heterocycles. The minimum Gasteiger partial charge on any atom is -0.453 e. The Balaban J connectivity index is 1.80. The van der Waals surface area contributed by atoms with Crippen molar-refractivity contribution in [2.75, 3.05) is 7.11 Å². The molecule has 1 saturated heterocycles. The van der Waals surface area contributed by atoms with Gasteiger partial charge in [0.1, 0.15) is 0 Å². The van der Waals surface area contributed by atoms with Crippen molar-refractivity contribution in [3.05, 3.63) is 143 Å². The van der Waals surface area contributed by atoms with Crippen LogP contribution in [0.5, 0.6) is 0 Å². The summed E-state index contributed by atoms with van der Waals surface area (Å²) < 4.78 is 96.7. The van der Waals surface area contributed by atoms with Crippen LogP contribution in [0.4, 0.5) is 26.3 Å². The molecule has 0 saturated carbocycles. The van der Waals surface area contributed by atoms with Crippen LogP contribution >= 0.6 is 0 Å². The number of nitrogens with zero attached hydrogens (tertiary/aromatic N) is 1. The molecule has 228 valence electrons. The van der Waals surface area contributed by atoms with E-state index in [-0.39, 0.29) is 5.56 Å². The number of hydrogen-bond donors (Lipinski definition) is 0. The molecule has 1 fully saturated rings. The van der Waals surface area contributed by atoms with Gasteiger partial charge in [-0.3, -0.25) is 4.79 Å². The molecule has 0 aromatic heterocycles. The minimum absolute atomic E-state index is 0.177. The Bertz CT molecular complexity index is 1600. The summed E-state index contributed by atoms with van der Waals surface area (Å²) in [5, 5.41) is 0. The third-order valence-corrected chi connectivity index (χ3v) is 7.58. The number of ether oxygens (including phenoxy) is 2. The number of amides is 1. The van der Waals surface area contributed by atoms with Crippen molar-refractivity contribution in [2.45, 2.75) is 36.1 Å². The van der Waals surface area contributed by atoms with Gasteiger partial charge in [-0.25, -0.2) is 4.79 Å². The molecule has 0 spiro atoms. The Morgan fingerprint density at radius 3 is 1.66 bits per heavy atom. The van der Waals surface area contributed by atoms with Crippen molar-refractivity contribution >= 4 is 11.9 Å². The summed E-state index contributed by atoms with van der Waals surface area (Å²) in [6.45, 7) is 0. The summed E-state index contributed by atoms with van der Waals surface area (Å²) in [6.07, 6.45) is -11.3. The summed E-state index contributed by atoms with van der Waals surface area (Å²) >= 11 is 0. The lowest BCUT2D eigenvalue weighted by Gasteiger charge is -2.48. The van der Waals surface area contributed by atoms with E-state index in [1.165, 1.54) is 18.2 Å². The molecule has 5 nitrogen and oxygen atoms in total. The quantitative estimate of drug-likeness (QED) is 0.165. The van der Waals surface area contributed by atoms with Crippen LogP contribution in [0, 0.1) is 0 Å². The fourth-order valence-electron chi connectivity index (χ4n) is 5.53. The number of morpholine rings is 1. The number of methoxy groups -OCH3 is 1. The largest absolute Gasteiger partial charge is 0.453 e. The second-order valence-corrected chi connectivity index (χ2v) is 10.1. The number of carbonyl (C=O) groups is 2. The first-order valence-corrected chi connectivity index (χ1v) is 13.4. The molecule has 4 aromatic rings. The molecule has 4 aromatic carbocycles. The van der Waals surface area contributed by atoms with Crippen molar-refractivity contribution in [1.29, 1.82) is 0 Å². The number of benzene rings is 4. The van der Waals surface area contributed by atoms with Gasteiger partial charge in [0.15, 0.2) is 12.1 Å². The molecular formula is C33H25F6NO4. The number of rotatable bonds is 6. The van der Waals surface area contributed by atoms with E-state index in [1.807, 2.05) is 0 Å². The van der Waals surface area contributed by atoms with Crippen LogP contribution in [0.15, 0.2) is 115 Å². The Morgan fingerprint density at radius 2 is 1.18 bits per heavy atom. The van der Waals surface area contributed by atoms with Gasteiger partial charge < -0.3 is 14.4 Å². The summed E-state index contributed by atoms with van der Waals surface area (Å²) in [5.41, 5.74) is -4.66. The highest BCUT2D eigenvalue weighted by atomic mass is 19.4. The molecule has 4 atom stereocenters. The minimum atomic E-state index is -5.34. The van der Waals surface area contributed by atoms with Gasteiger partial charge in [0.2, 0.25) is 0 Å². The standard InChI is InChI=1S/C33H25F6NO4/c1-43-31(33(37,38)39,24-15-9-4-10-16-24)30(42)40-26(21-11-5-2-6-12-21)28(23-13-7-3-8-14-23)44-29(41)27(40)22-17-19-25(20-18-22)32(34,35)36/h2-20,26-28H,1H3/t26-,27+,28+,31?/m0/s1. The first kappa shape index (κ1) is 30.8. The molecule has 0 aliphatic carbocycles. The molecule has 1 unspecified atom stereocenters. The normalized spacial score (nSPS) is 20.5. The van der Waals surface area contributed by atoms with Gasteiger partial charge >= 0.3 is 18.3 Å².